The first-order valence-electron chi connectivity index (χ1n) is 9.06. The number of carbonyl (C=O) groups is 2. The summed E-state index contributed by atoms with van der Waals surface area (Å²) in [6, 6.07) is 12.4. The van der Waals surface area contributed by atoms with E-state index >= 15 is 0 Å². The summed E-state index contributed by atoms with van der Waals surface area (Å²) in [5, 5.41) is 5.50. The molecule has 150 valence electrons. The zero-order chi connectivity index (χ0) is 20.4. The molecular weight excluding hydrogens is 360 g/mol. The molecule has 2 aromatic rings. The number of aryl methyl sites for hydroxylation is 1. The molecule has 7 heteroatoms. The minimum atomic E-state index is -0.173. The SMILES string of the molecule is CCNC(=O)COc1ccc(NC(=O)CCc2cc(OC)ccc2OC)cc1. The molecule has 2 N–H and O–H groups in total. The van der Waals surface area contributed by atoms with Gasteiger partial charge in [-0.25, -0.2) is 0 Å². The third-order valence-electron chi connectivity index (χ3n) is 3.99. The van der Waals surface area contributed by atoms with Crippen LogP contribution in [0.5, 0.6) is 17.2 Å². The molecule has 0 atom stereocenters. The van der Waals surface area contributed by atoms with Gasteiger partial charge in [0.25, 0.3) is 5.91 Å². The largest absolute Gasteiger partial charge is 0.497 e. The molecule has 0 bridgehead atoms. The number of carbonyl (C=O) groups excluding carboxylic acids is 2. The van der Waals surface area contributed by atoms with E-state index in [4.69, 9.17) is 14.2 Å². The molecule has 28 heavy (non-hydrogen) atoms. The molecule has 0 aromatic heterocycles. The lowest BCUT2D eigenvalue weighted by atomic mass is 10.1. The number of rotatable bonds is 10. The number of methoxy groups -OCH3 is 2. The molecule has 0 unspecified atom stereocenters. The van der Waals surface area contributed by atoms with Gasteiger partial charge in [-0.05, 0) is 61.4 Å². The van der Waals surface area contributed by atoms with Gasteiger partial charge in [-0.1, -0.05) is 0 Å². The van der Waals surface area contributed by atoms with Gasteiger partial charge < -0.3 is 24.8 Å². The first-order valence-corrected chi connectivity index (χ1v) is 9.06. The number of hydrogen-bond donors (Lipinski definition) is 2. The molecule has 2 rings (SSSR count). The van der Waals surface area contributed by atoms with Gasteiger partial charge in [0.05, 0.1) is 14.2 Å². The molecule has 0 heterocycles. The Labute approximate surface area is 165 Å². The zero-order valence-electron chi connectivity index (χ0n) is 16.4. The molecule has 0 radical (unpaired) electrons. The van der Waals surface area contributed by atoms with Crippen LogP contribution in [-0.4, -0.2) is 39.2 Å². The Morgan fingerprint density at radius 2 is 1.64 bits per heavy atom. The lowest BCUT2D eigenvalue weighted by Crippen LogP contribution is -2.28. The Hall–Kier alpha value is -3.22. The van der Waals surface area contributed by atoms with Gasteiger partial charge in [0.15, 0.2) is 6.61 Å². The normalized spacial score (nSPS) is 10.1. The molecule has 0 fully saturated rings. The topological polar surface area (TPSA) is 85.9 Å². The number of likely N-dealkylation sites (N-methyl/N-ethyl adjacent to an activating group) is 1. The fourth-order valence-electron chi connectivity index (χ4n) is 2.58. The van der Waals surface area contributed by atoms with Gasteiger partial charge in [0, 0.05) is 18.7 Å². The van der Waals surface area contributed by atoms with Crippen molar-refractivity contribution in [3.63, 3.8) is 0 Å². The van der Waals surface area contributed by atoms with E-state index in [9.17, 15) is 9.59 Å². The zero-order valence-corrected chi connectivity index (χ0v) is 16.4. The summed E-state index contributed by atoms with van der Waals surface area (Å²) in [4.78, 5) is 23.6. The summed E-state index contributed by atoms with van der Waals surface area (Å²) in [7, 11) is 3.20. The van der Waals surface area contributed by atoms with E-state index < -0.39 is 0 Å². The van der Waals surface area contributed by atoms with Crippen molar-refractivity contribution >= 4 is 17.5 Å². The van der Waals surface area contributed by atoms with Crippen LogP contribution in [0.3, 0.4) is 0 Å². The summed E-state index contributed by atoms with van der Waals surface area (Å²) in [6.45, 7) is 2.37. The standard InChI is InChI=1S/C21H26N2O5/c1-4-22-21(25)14-28-17-8-6-16(7-9-17)23-20(24)12-5-15-13-18(26-2)10-11-19(15)27-3/h6-11,13H,4-5,12,14H2,1-3H3,(H,22,25)(H,23,24). The van der Waals surface area contributed by atoms with Crippen LogP contribution in [0.25, 0.3) is 0 Å². The summed E-state index contributed by atoms with van der Waals surface area (Å²) in [5.74, 6) is 1.72. The number of benzene rings is 2. The Morgan fingerprint density at radius 3 is 2.29 bits per heavy atom. The van der Waals surface area contributed by atoms with Crippen LogP contribution in [0.1, 0.15) is 18.9 Å². The van der Waals surface area contributed by atoms with Crippen molar-refractivity contribution in [1.82, 2.24) is 5.32 Å². The van der Waals surface area contributed by atoms with Crippen molar-refractivity contribution in [2.45, 2.75) is 19.8 Å². The predicted octanol–water partition coefficient (Wildman–Crippen LogP) is 2.79. The second-order valence-electron chi connectivity index (χ2n) is 5.99. The van der Waals surface area contributed by atoms with Crippen LogP contribution < -0.4 is 24.8 Å². The van der Waals surface area contributed by atoms with Crippen LogP contribution >= 0.6 is 0 Å². The summed E-state index contributed by atoms with van der Waals surface area (Å²) in [6.07, 6.45) is 0.832. The van der Waals surface area contributed by atoms with E-state index in [1.165, 1.54) is 0 Å². The highest BCUT2D eigenvalue weighted by Gasteiger charge is 2.09. The van der Waals surface area contributed by atoms with Gasteiger partial charge in [-0.15, -0.1) is 0 Å². The smallest absolute Gasteiger partial charge is 0.257 e. The number of hydrogen-bond acceptors (Lipinski definition) is 5. The van der Waals surface area contributed by atoms with Crippen LogP contribution in [0.4, 0.5) is 5.69 Å². The van der Waals surface area contributed by atoms with Gasteiger partial charge in [-0.2, -0.15) is 0 Å². The number of anilines is 1. The Kier molecular flexibility index (Phi) is 8.14. The van der Waals surface area contributed by atoms with Crippen molar-refractivity contribution in [2.75, 3.05) is 32.7 Å². The molecule has 0 aliphatic rings. The maximum absolute atomic E-state index is 12.2. The molecule has 2 amide bonds. The molecule has 0 aliphatic heterocycles. The molecule has 0 saturated heterocycles. The van der Waals surface area contributed by atoms with Crippen LogP contribution in [0.15, 0.2) is 42.5 Å². The van der Waals surface area contributed by atoms with Crippen molar-refractivity contribution < 1.29 is 23.8 Å². The second kappa shape index (κ2) is 10.8. The minimum absolute atomic E-state index is 0.0398. The number of nitrogens with one attached hydrogen (secondary N) is 2. The lowest BCUT2D eigenvalue weighted by molar-refractivity contribution is -0.123. The van der Waals surface area contributed by atoms with E-state index in [1.807, 2.05) is 25.1 Å². The van der Waals surface area contributed by atoms with E-state index in [0.717, 1.165) is 17.1 Å². The Balaban J connectivity index is 1.85. The van der Waals surface area contributed by atoms with E-state index in [-0.39, 0.29) is 18.4 Å². The van der Waals surface area contributed by atoms with Crippen LogP contribution in [-0.2, 0) is 16.0 Å². The Morgan fingerprint density at radius 1 is 0.929 bits per heavy atom. The summed E-state index contributed by atoms with van der Waals surface area (Å²) < 4.78 is 15.9. The van der Waals surface area contributed by atoms with Crippen LogP contribution in [0.2, 0.25) is 0 Å². The van der Waals surface area contributed by atoms with Crippen molar-refractivity contribution in [1.29, 1.82) is 0 Å². The van der Waals surface area contributed by atoms with Gasteiger partial charge in [0.1, 0.15) is 17.2 Å². The fourth-order valence-corrected chi connectivity index (χ4v) is 2.58. The average molecular weight is 386 g/mol. The van der Waals surface area contributed by atoms with Crippen molar-refractivity contribution in [2.24, 2.45) is 0 Å². The van der Waals surface area contributed by atoms with E-state index in [2.05, 4.69) is 10.6 Å². The summed E-state index contributed by atoms with van der Waals surface area (Å²) >= 11 is 0. The first-order chi connectivity index (χ1) is 13.5. The molecular formula is C21H26N2O5. The van der Waals surface area contributed by atoms with Crippen molar-refractivity contribution in [3.05, 3.63) is 48.0 Å². The van der Waals surface area contributed by atoms with E-state index in [0.29, 0.717) is 30.8 Å². The monoisotopic (exact) mass is 386 g/mol. The van der Waals surface area contributed by atoms with E-state index in [1.54, 1.807) is 38.5 Å². The maximum Gasteiger partial charge on any atom is 0.257 e. The fraction of sp³-hybridized carbons (Fsp3) is 0.333. The highest BCUT2D eigenvalue weighted by molar-refractivity contribution is 5.90. The summed E-state index contributed by atoms with van der Waals surface area (Å²) in [5.41, 5.74) is 1.57. The third-order valence-corrected chi connectivity index (χ3v) is 3.99. The van der Waals surface area contributed by atoms with Gasteiger partial charge in [-0.3, -0.25) is 9.59 Å². The average Bonchev–Trinajstić information content (AvgIpc) is 2.71. The molecule has 7 nitrogen and oxygen atoms in total. The molecule has 0 aliphatic carbocycles. The quantitative estimate of drug-likeness (QED) is 0.656. The second-order valence-corrected chi connectivity index (χ2v) is 5.99. The van der Waals surface area contributed by atoms with Gasteiger partial charge >= 0.3 is 0 Å². The number of amides is 2. The highest BCUT2D eigenvalue weighted by atomic mass is 16.5. The highest BCUT2D eigenvalue weighted by Crippen LogP contribution is 2.25. The van der Waals surface area contributed by atoms with Gasteiger partial charge in [0.2, 0.25) is 5.91 Å². The molecule has 0 saturated carbocycles. The minimum Gasteiger partial charge on any atom is -0.497 e. The lowest BCUT2D eigenvalue weighted by Gasteiger charge is -2.11. The maximum atomic E-state index is 12.2. The number of ether oxygens (including phenoxy) is 3. The van der Waals surface area contributed by atoms with Crippen molar-refractivity contribution in [3.8, 4) is 17.2 Å². The molecule has 0 spiro atoms. The Bertz CT molecular complexity index is 790. The first kappa shape index (κ1) is 21.1. The third kappa shape index (κ3) is 6.50. The van der Waals surface area contributed by atoms with Crippen LogP contribution in [0, 0.1) is 0 Å². The molecule has 2 aromatic carbocycles. The predicted molar refractivity (Wildman–Crippen MR) is 107 cm³/mol.